The maximum Gasteiger partial charge on any atom is 0.0909 e. The van der Waals surface area contributed by atoms with E-state index in [4.69, 9.17) is 11.6 Å². The van der Waals surface area contributed by atoms with E-state index in [1.807, 2.05) is 37.3 Å². The molecule has 0 heterocycles. The van der Waals surface area contributed by atoms with Gasteiger partial charge in [0.2, 0.25) is 0 Å². The first-order valence-corrected chi connectivity index (χ1v) is 9.00. The van der Waals surface area contributed by atoms with Gasteiger partial charge in [0.1, 0.15) is 0 Å². The van der Waals surface area contributed by atoms with E-state index < -0.39 is 0 Å². The summed E-state index contributed by atoms with van der Waals surface area (Å²) in [7, 11) is 2.00. The minimum Gasteiger partial charge on any atom is -0.366 e. The van der Waals surface area contributed by atoms with Gasteiger partial charge in [0.05, 0.1) is 22.7 Å². The highest BCUT2D eigenvalue weighted by atomic mass is 35.5. The zero-order chi connectivity index (χ0) is 18.6. The van der Waals surface area contributed by atoms with Crippen LogP contribution in [0.5, 0.6) is 0 Å². The van der Waals surface area contributed by atoms with Crippen molar-refractivity contribution in [3.05, 3.63) is 52.5 Å². The molecule has 0 aliphatic heterocycles. The van der Waals surface area contributed by atoms with Crippen LogP contribution in [0.25, 0.3) is 0 Å². The maximum absolute atomic E-state index is 6.45. The number of hydrogen-bond acceptors (Lipinski definition) is 2. The van der Waals surface area contributed by atoms with Gasteiger partial charge in [-0.05, 0) is 54.7 Å². The van der Waals surface area contributed by atoms with Gasteiger partial charge < -0.3 is 10.2 Å². The Hall–Kier alpha value is -2.00. The summed E-state index contributed by atoms with van der Waals surface area (Å²) in [6.07, 6.45) is 1.83. The topological polar surface area (TPSA) is 27.6 Å². The normalized spacial score (nSPS) is 11.8. The number of rotatable bonds is 5. The minimum absolute atomic E-state index is 0.151. The number of hydrogen-bond donors (Lipinski definition) is 1. The van der Waals surface area contributed by atoms with Crippen molar-refractivity contribution in [3.63, 3.8) is 0 Å². The number of aryl methyl sites for hydroxylation is 1. The van der Waals surface area contributed by atoms with Crippen LogP contribution in [0.2, 0.25) is 5.02 Å². The molecule has 3 nitrogen and oxygen atoms in total. The van der Waals surface area contributed by atoms with Crippen molar-refractivity contribution in [1.82, 2.24) is 4.90 Å². The molecule has 0 aromatic heterocycles. The second-order valence-electron chi connectivity index (χ2n) is 7.39. The lowest BCUT2D eigenvalue weighted by atomic mass is 9.87. The van der Waals surface area contributed by atoms with Crippen LogP contribution in [0.1, 0.15) is 38.8 Å². The van der Waals surface area contributed by atoms with E-state index in [1.54, 1.807) is 0 Å². The highest BCUT2D eigenvalue weighted by molar-refractivity contribution is 6.33. The van der Waals surface area contributed by atoms with Crippen LogP contribution < -0.4 is 5.32 Å². The Morgan fingerprint density at radius 1 is 1.16 bits per heavy atom. The van der Waals surface area contributed by atoms with Gasteiger partial charge in [0.15, 0.2) is 0 Å². The first-order valence-electron chi connectivity index (χ1n) is 8.63. The van der Waals surface area contributed by atoms with E-state index in [-0.39, 0.29) is 5.41 Å². The predicted octanol–water partition coefficient (Wildman–Crippen LogP) is 6.30. The highest BCUT2D eigenvalue weighted by Crippen LogP contribution is 2.33. The summed E-state index contributed by atoms with van der Waals surface area (Å²) in [4.78, 5) is 6.54. The number of halogens is 1. The van der Waals surface area contributed by atoms with Crippen molar-refractivity contribution in [1.29, 1.82) is 0 Å². The molecular formula is C21H28ClN3. The molecule has 0 spiro atoms. The second kappa shape index (κ2) is 7.92. The molecule has 0 saturated carbocycles. The van der Waals surface area contributed by atoms with E-state index in [9.17, 15) is 0 Å². The Morgan fingerprint density at radius 3 is 2.36 bits per heavy atom. The molecule has 0 fully saturated rings. The van der Waals surface area contributed by atoms with Gasteiger partial charge in [0.25, 0.3) is 0 Å². The molecule has 0 bridgehead atoms. The van der Waals surface area contributed by atoms with Crippen LogP contribution in [-0.4, -0.2) is 24.8 Å². The summed E-state index contributed by atoms with van der Waals surface area (Å²) in [5, 5.41) is 4.06. The summed E-state index contributed by atoms with van der Waals surface area (Å²) >= 11 is 6.45. The Balaban J connectivity index is 2.20. The quantitative estimate of drug-likeness (QED) is 0.502. The van der Waals surface area contributed by atoms with E-state index in [2.05, 4.69) is 62.3 Å². The first kappa shape index (κ1) is 19.3. The molecule has 0 aliphatic carbocycles. The molecule has 1 N–H and O–H groups in total. The summed E-state index contributed by atoms with van der Waals surface area (Å²) in [5.74, 6) is 0. The highest BCUT2D eigenvalue weighted by Gasteiger charge is 2.13. The number of anilines is 2. The van der Waals surface area contributed by atoms with Crippen molar-refractivity contribution >= 4 is 35.0 Å². The molecule has 0 unspecified atom stereocenters. The molecule has 2 aromatic rings. The van der Waals surface area contributed by atoms with Gasteiger partial charge in [-0.15, -0.1) is 0 Å². The summed E-state index contributed by atoms with van der Waals surface area (Å²) in [6.45, 7) is 11.7. The number of nitrogens with one attached hydrogen (secondary N) is 1. The SMILES string of the molecule is CCN(C)/C=N\c1cc(Cl)c(Nc2ccc(C(C)(C)C)cc2)cc1C. The van der Waals surface area contributed by atoms with E-state index >= 15 is 0 Å². The van der Waals surface area contributed by atoms with E-state index in [0.29, 0.717) is 5.02 Å². The Morgan fingerprint density at radius 2 is 1.80 bits per heavy atom. The molecule has 0 aliphatic rings. The largest absolute Gasteiger partial charge is 0.366 e. The fraction of sp³-hybridized carbons (Fsp3) is 0.381. The average molecular weight is 358 g/mol. The van der Waals surface area contributed by atoms with Crippen molar-refractivity contribution in [2.24, 2.45) is 4.99 Å². The van der Waals surface area contributed by atoms with Gasteiger partial charge in [-0.25, -0.2) is 4.99 Å². The number of benzene rings is 2. The molecule has 0 saturated heterocycles. The molecule has 2 aromatic carbocycles. The van der Waals surface area contributed by atoms with Crippen molar-refractivity contribution < 1.29 is 0 Å². The van der Waals surface area contributed by atoms with Gasteiger partial charge in [-0.1, -0.05) is 44.5 Å². The van der Waals surface area contributed by atoms with Crippen molar-refractivity contribution in [2.75, 3.05) is 18.9 Å². The monoisotopic (exact) mass is 357 g/mol. The van der Waals surface area contributed by atoms with Crippen LogP contribution >= 0.6 is 11.6 Å². The zero-order valence-electron chi connectivity index (χ0n) is 16.0. The average Bonchev–Trinajstić information content (AvgIpc) is 2.56. The number of nitrogens with zero attached hydrogens (tertiary/aromatic N) is 2. The Bertz CT molecular complexity index is 743. The lowest BCUT2D eigenvalue weighted by Crippen LogP contribution is -2.14. The summed E-state index contributed by atoms with van der Waals surface area (Å²) < 4.78 is 0. The Kier molecular flexibility index (Phi) is 6.12. The van der Waals surface area contributed by atoms with Gasteiger partial charge in [-0.2, -0.15) is 0 Å². The lowest BCUT2D eigenvalue weighted by molar-refractivity contribution is 0.552. The third-order valence-electron chi connectivity index (χ3n) is 4.21. The Labute approximate surface area is 156 Å². The first-order chi connectivity index (χ1) is 11.7. The smallest absolute Gasteiger partial charge is 0.0909 e. The van der Waals surface area contributed by atoms with Crippen LogP contribution in [0.15, 0.2) is 41.4 Å². The summed E-state index contributed by atoms with van der Waals surface area (Å²) in [5.41, 5.74) is 5.35. The van der Waals surface area contributed by atoms with Crippen LogP contribution in [-0.2, 0) is 5.41 Å². The molecule has 4 heteroatoms. The van der Waals surface area contributed by atoms with Crippen molar-refractivity contribution in [2.45, 2.75) is 40.0 Å². The molecule has 25 heavy (non-hydrogen) atoms. The number of aliphatic imine (C=N–C) groups is 1. The maximum atomic E-state index is 6.45. The minimum atomic E-state index is 0.151. The van der Waals surface area contributed by atoms with Crippen LogP contribution in [0.3, 0.4) is 0 Å². The molecule has 0 atom stereocenters. The zero-order valence-corrected chi connectivity index (χ0v) is 16.8. The van der Waals surface area contributed by atoms with Crippen molar-refractivity contribution in [3.8, 4) is 0 Å². The molecule has 0 radical (unpaired) electrons. The van der Waals surface area contributed by atoms with Gasteiger partial charge >= 0.3 is 0 Å². The molecular weight excluding hydrogens is 330 g/mol. The molecule has 134 valence electrons. The molecule has 0 amide bonds. The van der Waals surface area contributed by atoms with E-state index in [1.165, 1.54) is 5.56 Å². The van der Waals surface area contributed by atoms with E-state index in [0.717, 1.165) is 29.2 Å². The standard InChI is InChI=1S/C21H28ClN3/c1-7-25(6)14-23-19-13-18(22)20(12-15(19)2)24-17-10-8-16(9-11-17)21(3,4)5/h8-14,24H,7H2,1-6H3/b23-14-. The van der Waals surface area contributed by atoms with Crippen LogP contribution in [0, 0.1) is 6.92 Å². The summed E-state index contributed by atoms with van der Waals surface area (Å²) in [6, 6.07) is 12.4. The fourth-order valence-corrected chi connectivity index (χ4v) is 2.56. The van der Waals surface area contributed by atoms with Gasteiger partial charge in [-0.3, -0.25) is 0 Å². The third kappa shape index (κ3) is 5.23. The predicted molar refractivity (Wildman–Crippen MR) is 111 cm³/mol. The fourth-order valence-electron chi connectivity index (χ4n) is 2.36. The second-order valence-corrected chi connectivity index (χ2v) is 7.80. The molecule has 2 rings (SSSR count). The third-order valence-corrected chi connectivity index (χ3v) is 4.52. The van der Waals surface area contributed by atoms with Gasteiger partial charge in [0, 0.05) is 19.3 Å². The lowest BCUT2D eigenvalue weighted by Gasteiger charge is -2.19. The van der Waals surface area contributed by atoms with Crippen LogP contribution in [0.4, 0.5) is 17.1 Å².